The van der Waals surface area contributed by atoms with E-state index in [4.69, 9.17) is 4.74 Å². The summed E-state index contributed by atoms with van der Waals surface area (Å²) in [5.41, 5.74) is -0.308. The Morgan fingerprint density at radius 2 is 1.83 bits per heavy atom. The van der Waals surface area contributed by atoms with Crippen LogP contribution in [0.4, 0.5) is 19.4 Å². The standard InChI is InChI=1S/C24H27F2N5O4/c1-30(2)20(32)14-16-13-17(5-11-27-16)35-18-3-4-19(28-15-18)29-22(34)31-12-10-23(21(31)33)6-8-24(25,26)9-7-23/h3-5,11,13,15H,6-10,12,14H2,1-2H3,(H,28,29,34). The molecule has 0 radical (unpaired) electrons. The lowest BCUT2D eigenvalue weighted by Gasteiger charge is -2.35. The Morgan fingerprint density at radius 1 is 1.09 bits per heavy atom. The van der Waals surface area contributed by atoms with E-state index < -0.39 is 23.3 Å². The van der Waals surface area contributed by atoms with Gasteiger partial charge in [-0.1, -0.05) is 0 Å². The van der Waals surface area contributed by atoms with Crippen LogP contribution < -0.4 is 10.1 Å². The second-order valence-corrected chi connectivity index (χ2v) is 9.20. The van der Waals surface area contributed by atoms with Crippen molar-refractivity contribution in [3.8, 4) is 11.5 Å². The number of rotatable bonds is 5. The number of alkyl halides is 2. The molecule has 2 aromatic heterocycles. The molecule has 4 rings (SSSR count). The number of likely N-dealkylation sites (tertiary alicyclic amines) is 1. The highest BCUT2D eigenvalue weighted by molar-refractivity contribution is 6.04. The fraction of sp³-hybridized carbons (Fsp3) is 0.458. The maximum atomic E-state index is 13.5. The number of likely N-dealkylation sites (N-methyl/N-ethyl adjacent to an activating group) is 1. The van der Waals surface area contributed by atoms with Gasteiger partial charge in [0.15, 0.2) is 0 Å². The maximum Gasteiger partial charge on any atom is 0.329 e. The number of carbonyl (C=O) groups is 3. The van der Waals surface area contributed by atoms with Gasteiger partial charge in [-0.15, -0.1) is 0 Å². The van der Waals surface area contributed by atoms with Gasteiger partial charge in [0.25, 0.3) is 0 Å². The number of aromatic nitrogens is 2. The molecule has 0 unspecified atom stereocenters. The number of urea groups is 1. The highest BCUT2D eigenvalue weighted by Crippen LogP contribution is 2.49. The SMILES string of the molecule is CN(C)C(=O)Cc1cc(Oc2ccc(NC(=O)N3CCC4(CCC(F)(F)CC4)C3=O)nc2)ccn1. The third-order valence-corrected chi connectivity index (χ3v) is 6.52. The van der Waals surface area contributed by atoms with Crippen LogP contribution in [0.5, 0.6) is 11.5 Å². The summed E-state index contributed by atoms with van der Waals surface area (Å²) in [6.07, 6.45) is 3.01. The lowest BCUT2D eigenvalue weighted by molar-refractivity contribution is -0.140. The van der Waals surface area contributed by atoms with Gasteiger partial charge < -0.3 is 9.64 Å². The van der Waals surface area contributed by atoms with Crippen molar-refractivity contribution in [2.75, 3.05) is 26.0 Å². The number of halogens is 2. The lowest BCUT2D eigenvalue weighted by Crippen LogP contribution is -2.43. The van der Waals surface area contributed by atoms with Gasteiger partial charge in [-0.3, -0.25) is 24.8 Å². The Labute approximate surface area is 201 Å². The minimum atomic E-state index is -2.74. The minimum Gasteiger partial charge on any atom is -0.456 e. The topological polar surface area (TPSA) is 105 Å². The van der Waals surface area contributed by atoms with Crippen molar-refractivity contribution in [3.05, 3.63) is 42.4 Å². The summed E-state index contributed by atoms with van der Waals surface area (Å²) in [6, 6.07) is 5.81. The number of ether oxygens (including phenoxy) is 1. The smallest absolute Gasteiger partial charge is 0.329 e. The molecule has 2 fully saturated rings. The van der Waals surface area contributed by atoms with Crippen LogP contribution in [0.25, 0.3) is 0 Å². The first-order chi connectivity index (χ1) is 16.6. The van der Waals surface area contributed by atoms with E-state index in [0.717, 1.165) is 4.90 Å². The van der Waals surface area contributed by atoms with Crippen molar-refractivity contribution < 1.29 is 27.9 Å². The van der Waals surface area contributed by atoms with E-state index in [1.54, 1.807) is 38.5 Å². The summed E-state index contributed by atoms with van der Waals surface area (Å²) in [5, 5.41) is 2.58. The molecule has 0 atom stereocenters. The molecule has 0 aromatic carbocycles. The highest BCUT2D eigenvalue weighted by atomic mass is 19.3. The lowest BCUT2D eigenvalue weighted by atomic mass is 9.72. The van der Waals surface area contributed by atoms with E-state index in [2.05, 4.69) is 15.3 Å². The number of amides is 4. The van der Waals surface area contributed by atoms with E-state index in [-0.39, 0.29) is 50.4 Å². The molecule has 9 nitrogen and oxygen atoms in total. The number of anilines is 1. The molecular formula is C24H27F2N5O4. The van der Waals surface area contributed by atoms with Gasteiger partial charge in [0, 0.05) is 45.7 Å². The number of hydrogen-bond donors (Lipinski definition) is 1. The van der Waals surface area contributed by atoms with Crippen molar-refractivity contribution in [2.45, 2.75) is 44.4 Å². The van der Waals surface area contributed by atoms with Crippen LogP contribution in [0.3, 0.4) is 0 Å². The van der Waals surface area contributed by atoms with Crippen molar-refractivity contribution in [1.29, 1.82) is 0 Å². The maximum absolute atomic E-state index is 13.5. The molecule has 4 amide bonds. The molecular weight excluding hydrogens is 460 g/mol. The fourth-order valence-electron chi connectivity index (χ4n) is 4.33. The molecule has 1 aliphatic carbocycles. The largest absolute Gasteiger partial charge is 0.456 e. The Kier molecular flexibility index (Phi) is 6.68. The van der Waals surface area contributed by atoms with Crippen molar-refractivity contribution in [2.24, 2.45) is 5.41 Å². The average Bonchev–Trinajstić information content (AvgIpc) is 3.13. The zero-order chi connectivity index (χ0) is 25.2. The predicted octanol–water partition coefficient (Wildman–Crippen LogP) is 3.86. The quantitative estimate of drug-likeness (QED) is 0.687. The van der Waals surface area contributed by atoms with Gasteiger partial charge in [-0.05, 0) is 37.5 Å². The molecule has 0 bridgehead atoms. The van der Waals surface area contributed by atoms with E-state index in [1.807, 2.05) is 0 Å². The number of nitrogens with zero attached hydrogens (tertiary/aromatic N) is 4. The van der Waals surface area contributed by atoms with Crippen LogP contribution in [0, 0.1) is 5.41 Å². The molecule has 186 valence electrons. The second kappa shape index (κ2) is 9.55. The first-order valence-corrected chi connectivity index (χ1v) is 11.4. The Balaban J connectivity index is 1.34. The molecule has 11 heteroatoms. The predicted molar refractivity (Wildman–Crippen MR) is 122 cm³/mol. The van der Waals surface area contributed by atoms with Crippen molar-refractivity contribution in [1.82, 2.24) is 19.8 Å². The van der Waals surface area contributed by atoms with Gasteiger partial charge in [0.05, 0.1) is 23.7 Å². The Bertz CT molecular complexity index is 1110. The van der Waals surface area contributed by atoms with Gasteiger partial charge in [-0.25, -0.2) is 18.6 Å². The van der Waals surface area contributed by atoms with Crippen LogP contribution in [-0.2, 0) is 16.0 Å². The Morgan fingerprint density at radius 3 is 2.49 bits per heavy atom. The molecule has 2 aromatic rings. The highest BCUT2D eigenvalue weighted by Gasteiger charge is 2.53. The monoisotopic (exact) mass is 487 g/mol. The summed E-state index contributed by atoms with van der Waals surface area (Å²) < 4.78 is 32.8. The van der Waals surface area contributed by atoms with E-state index in [9.17, 15) is 23.2 Å². The normalized spacial score (nSPS) is 18.4. The number of hydrogen-bond acceptors (Lipinski definition) is 6. The molecule has 2 aliphatic rings. The number of nitrogens with one attached hydrogen (secondary N) is 1. The van der Waals surface area contributed by atoms with Crippen LogP contribution in [0.2, 0.25) is 0 Å². The van der Waals surface area contributed by atoms with Crippen LogP contribution in [-0.4, -0.2) is 64.2 Å². The Hall–Kier alpha value is -3.63. The zero-order valence-electron chi connectivity index (χ0n) is 19.6. The summed E-state index contributed by atoms with van der Waals surface area (Å²) >= 11 is 0. The van der Waals surface area contributed by atoms with Gasteiger partial charge in [0.2, 0.25) is 17.7 Å². The third kappa shape index (κ3) is 5.55. The van der Waals surface area contributed by atoms with Crippen LogP contribution >= 0.6 is 0 Å². The van der Waals surface area contributed by atoms with Crippen molar-refractivity contribution >= 4 is 23.7 Å². The number of pyridine rings is 2. The first kappa shape index (κ1) is 24.5. The third-order valence-electron chi connectivity index (χ3n) is 6.52. The molecule has 3 heterocycles. The molecule has 1 saturated carbocycles. The number of imide groups is 1. The fourth-order valence-corrected chi connectivity index (χ4v) is 4.33. The van der Waals surface area contributed by atoms with E-state index in [0.29, 0.717) is 23.6 Å². The minimum absolute atomic E-state index is 0.0831. The first-order valence-electron chi connectivity index (χ1n) is 11.4. The molecule has 1 N–H and O–H groups in total. The van der Waals surface area contributed by atoms with Gasteiger partial charge in [-0.2, -0.15) is 0 Å². The van der Waals surface area contributed by atoms with Gasteiger partial charge >= 0.3 is 6.03 Å². The summed E-state index contributed by atoms with van der Waals surface area (Å²) in [5.74, 6) is -2.12. The molecule has 1 saturated heterocycles. The second-order valence-electron chi connectivity index (χ2n) is 9.20. The number of carbonyl (C=O) groups excluding carboxylic acids is 3. The summed E-state index contributed by atoms with van der Waals surface area (Å²) in [4.78, 5) is 48.3. The van der Waals surface area contributed by atoms with Crippen LogP contribution in [0.1, 0.15) is 37.8 Å². The zero-order valence-corrected chi connectivity index (χ0v) is 19.6. The summed E-state index contributed by atoms with van der Waals surface area (Å²) in [7, 11) is 3.34. The molecule has 1 aliphatic heterocycles. The van der Waals surface area contributed by atoms with E-state index >= 15 is 0 Å². The van der Waals surface area contributed by atoms with Crippen LogP contribution in [0.15, 0.2) is 36.7 Å². The molecule has 1 spiro atoms. The molecule has 35 heavy (non-hydrogen) atoms. The van der Waals surface area contributed by atoms with Crippen molar-refractivity contribution in [3.63, 3.8) is 0 Å². The average molecular weight is 488 g/mol. The summed E-state index contributed by atoms with van der Waals surface area (Å²) in [6.45, 7) is 0.193. The van der Waals surface area contributed by atoms with E-state index in [1.165, 1.54) is 17.2 Å². The van der Waals surface area contributed by atoms with Gasteiger partial charge in [0.1, 0.15) is 17.3 Å².